The fourth-order valence-corrected chi connectivity index (χ4v) is 5.92. The lowest BCUT2D eigenvalue weighted by molar-refractivity contribution is -0.124. The maximum Gasteiger partial charge on any atom is 0.243 e. The van der Waals surface area contributed by atoms with Gasteiger partial charge in [0.1, 0.15) is 11.9 Å². The third-order valence-electron chi connectivity index (χ3n) is 5.79. The molecule has 160 valence electrons. The van der Waals surface area contributed by atoms with Gasteiger partial charge >= 0.3 is 0 Å². The number of hydrogen-bond acceptors (Lipinski definition) is 4. The van der Waals surface area contributed by atoms with Crippen molar-refractivity contribution in [3.05, 3.63) is 66.0 Å². The molecule has 30 heavy (non-hydrogen) atoms. The third-order valence-corrected chi connectivity index (χ3v) is 7.72. The molecule has 2 unspecified atom stereocenters. The number of nitrogens with one attached hydrogen (secondary N) is 1. The lowest BCUT2D eigenvalue weighted by Crippen LogP contribution is -2.49. The predicted octanol–water partition coefficient (Wildman–Crippen LogP) is 2.37. The van der Waals surface area contributed by atoms with Gasteiger partial charge in [-0.15, -0.1) is 0 Å². The maximum absolute atomic E-state index is 13.2. The molecule has 2 aromatic carbocycles. The van der Waals surface area contributed by atoms with Crippen LogP contribution in [0.15, 0.2) is 59.5 Å². The Balaban J connectivity index is 1.38. The highest BCUT2D eigenvalue weighted by atomic mass is 32.2. The van der Waals surface area contributed by atoms with Gasteiger partial charge in [0.25, 0.3) is 0 Å². The molecule has 0 aliphatic carbocycles. The van der Waals surface area contributed by atoms with Crippen LogP contribution in [-0.4, -0.2) is 55.2 Å². The van der Waals surface area contributed by atoms with Crippen molar-refractivity contribution >= 4 is 15.9 Å². The Morgan fingerprint density at radius 3 is 2.50 bits per heavy atom. The fraction of sp³-hybridized carbons (Fsp3) is 0.409. The number of amides is 1. The van der Waals surface area contributed by atoms with Gasteiger partial charge in [-0.25, -0.2) is 12.8 Å². The summed E-state index contributed by atoms with van der Waals surface area (Å²) in [5.41, 5.74) is 1.23. The van der Waals surface area contributed by atoms with Crippen molar-refractivity contribution in [3.8, 4) is 0 Å². The van der Waals surface area contributed by atoms with Crippen molar-refractivity contribution < 1.29 is 17.6 Å². The molecule has 1 amide bonds. The highest BCUT2D eigenvalue weighted by Crippen LogP contribution is 2.27. The van der Waals surface area contributed by atoms with Crippen molar-refractivity contribution in [2.45, 2.75) is 42.8 Å². The van der Waals surface area contributed by atoms with E-state index < -0.39 is 21.9 Å². The van der Waals surface area contributed by atoms with Crippen molar-refractivity contribution in [2.24, 2.45) is 0 Å². The molecule has 0 bridgehead atoms. The van der Waals surface area contributed by atoms with E-state index in [9.17, 15) is 17.6 Å². The summed E-state index contributed by atoms with van der Waals surface area (Å²) in [6, 6.07) is 14.2. The van der Waals surface area contributed by atoms with Crippen LogP contribution in [0, 0.1) is 5.82 Å². The standard InChI is InChI=1S/C22H26FN3O3S/c23-18-8-10-20(11-9-18)30(28,29)26-13-4-7-21(26)22(27)24-19-12-14-25(16-19)15-17-5-2-1-3-6-17/h1-3,5-6,8-11,19,21H,4,7,12-16H2,(H,24,27). The molecule has 2 aliphatic rings. The highest BCUT2D eigenvalue weighted by Gasteiger charge is 2.40. The van der Waals surface area contributed by atoms with Crippen molar-refractivity contribution in [1.29, 1.82) is 0 Å². The number of halogens is 1. The molecule has 2 aliphatic heterocycles. The van der Waals surface area contributed by atoms with E-state index in [1.54, 1.807) is 0 Å². The largest absolute Gasteiger partial charge is 0.351 e. The first-order chi connectivity index (χ1) is 14.4. The van der Waals surface area contributed by atoms with Crippen LogP contribution in [0.3, 0.4) is 0 Å². The van der Waals surface area contributed by atoms with Crippen LogP contribution in [0.4, 0.5) is 4.39 Å². The summed E-state index contributed by atoms with van der Waals surface area (Å²) in [4.78, 5) is 15.2. The number of likely N-dealkylation sites (tertiary alicyclic amines) is 1. The van der Waals surface area contributed by atoms with Crippen LogP contribution >= 0.6 is 0 Å². The van der Waals surface area contributed by atoms with E-state index in [-0.39, 0.29) is 16.8 Å². The molecule has 2 aromatic rings. The number of nitrogens with zero attached hydrogens (tertiary/aromatic N) is 2. The summed E-state index contributed by atoms with van der Waals surface area (Å²) in [7, 11) is -3.84. The molecule has 8 heteroatoms. The zero-order chi connectivity index (χ0) is 21.1. The minimum absolute atomic E-state index is 0.0113. The second-order valence-electron chi connectivity index (χ2n) is 7.94. The number of hydrogen-bond donors (Lipinski definition) is 1. The normalized spacial score (nSPS) is 23.0. The Bertz CT molecular complexity index is 982. The van der Waals surface area contributed by atoms with Gasteiger partial charge in [0, 0.05) is 32.2 Å². The fourth-order valence-electron chi connectivity index (χ4n) is 4.26. The van der Waals surface area contributed by atoms with E-state index in [0.29, 0.717) is 19.4 Å². The predicted molar refractivity (Wildman–Crippen MR) is 112 cm³/mol. The van der Waals surface area contributed by atoms with Crippen molar-refractivity contribution in [2.75, 3.05) is 19.6 Å². The average molecular weight is 432 g/mol. The second-order valence-corrected chi connectivity index (χ2v) is 9.83. The molecule has 0 saturated carbocycles. The minimum atomic E-state index is -3.84. The van der Waals surface area contributed by atoms with Crippen LogP contribution in [0.25, 0.3) is 0 Å². The maximum atomic E-state index is 13.2. The molecule has 2 heterocycles. The van der Waals surface area contributed by atoms with E-state index in [0.717, 1.165) is 38.2 Å². The van der Waals surface area contributed by atoms with Gasteiger partial charge in [-0.2, -0.15) is 4.31 Å². The van der Waals surface area contributed by atoms with Gasteiger partial charge in [0.15, 0.2) is 0 Å². The quantitative estimate of drug-likeness (QED) is 0.763. The number of rotatable bonds is 6. The summed E-state index contributed by atoms with van der Waals surface area (Å²) < 4.78 is 40.4. The number of carbonyl (C=O) groups excluding carboxylic acids is 1. The Labute approximate surface area is 176 Å². The smallest absolute Gasteiger partial charge is 0.243 e. The molecule has 4 rings (SSSR count). The summed E-state index contributed by atoms with van der Waals surface area (Å²) in [6.45, 7) is 2.77. The average Bonchev–Trinajstić information content (AvgIpc) is 3.39. The lowest BCUT2D eigenvalue weighted by atomic mass is 10.2. The molecule has 2 fully saturated rings. The van der Waals surface area contributed by atoms with Gasteiger partial charge in [-0.1, -0.05) is 30.3 Å². The van der Waals surface area contributed by atoms with Crippen LogP contribution in [0.2, 0.25) is 0 Å². The van der Waals surface area contributed by atoms with Gasteiger partial charge < -0.3 is 5.32 Å². The first-order valence-electron chi connectivity index (χ1n) is 10.3. The molecule has 1 N–H and O–H groups in total. The zero-order valence-electron chi connectivity index (χ0n) is 16.7. The Hall–Kier alpha value is -2.29. The molecule has 2 atom stereocenters. The molecule has 2 saturated heterocycles. The Morgan fingerprint density at radius 2 is 1.77 bits per heavy atom. The van der Waals surface area contributed by atoms with Crippen LogP contribution in [0.1, 0.15) is 24.8 Å². The third kappa shape index (κ3) is 4.55. The summed E-state index contributed by atoms with van der Waals surface area (Å²) in [6.07, 6.45) is 1.96. The van der Waals surface area contributed by atoms with Crippen LogP contribution in [0.5, 0.6) is 0 Å². The Kier molecular flexibility index (Phi) is 6.17. The van der Waals surface area contributed by atoms with E-state index >= 15 is 0 Å². The first kappa shape index (κ1) is 21.0. The first-order valence-corrected chi connectivity index (χ1v) is 11.7. The highest BCUT2D eigenvalue weighted by molar-refractivity contribution is 7.89. The Morgan fingerprint density at radius 1 is 1.03 bits per heavy atom. The summed E-state index contributed by atoms with van der Waals surface area (Å²) >= 11 is 0. The van der Waals surface area contributed by atoms with E-state index in [2.05, 4.69) is 22.3 Å². The van der Waals surface area contributed by atoms with Crippen molar-refractivity contribution in [1.82, 2.24) is 14.5 Å². The topological polar surface area (TPSA) is 69.7 Å². The van der Waals surface area contributed by atoms with Crippen LogP contribution < -0.4 is 5.32 Å². The minimum Gasteiger partial charge on any atom is -0.351 e. The van der Waals surface area contributed by atoms with Gasteiger partial charge in [0.2, 0.25) is 15.9 Å². The number of benzene rings is 2. The van der Waals surface area contributed by atoms with E-state index in [1.165, 1.54) is 22.0 Å². The molecule has 0 radical (unpaired) electrons. The van der Waals surface area contributed by atoms with E-state index in [4.69, 9.17) is 0 Å². The molecule has 0 spiro atoms. The van der Waals surface area contributed by atoms with Crippen LogP contribution in [-0.2, 0) is 21.4 Å². The molecule has 6 nitrogen and oxygen atoms in total. The van der Waals surface area contributed by atoms with Crippen molar-refractivity contribution in [3.63, 3.8) is 0 Å². The zero-order valence-corrected chi connectivity index (χ0v) is 17.5. The SMILES string of the molecule is O=C(NC1CCN(Cc2ccccc2)C1)C1CCCN1S(=O)(=O)c1ccc(F)cc1. The summed E-state index contributed by atoms with van der Waals surface area (Å²) in [5, 5.41) is 3.05. The van der Waals surface area contributed by atoms with Gasteiger partial charge in [-0.3, -0.25) is 9.69 Å². The number of carbonyl (C=O) groups is 1. The van der Waals surface area contributed by atoms with E-state index in [1.807, 2.05) is 18.2 Å². The monoisotopic (exact) mass is 431 g/mol. The second kappa shape index (κ2) is 8.83. The van der Waals surface area contributed by atoms with Gasteiger partial charge in [-0.05, 0) is 49.1 Å². The summed E-state index contributed by atoms with van der Waals surface area (Å²) in [5.74, 6) is -0.740. The van der Waals surface area contributed by atoms with Gasteiger partial charge in [0.05, 0.1) is 4.90 Å². The lowest BCUT2D eigenvalue weighted by Gasteiger charge is -2.25. The molecular weight excluding hydrogens is 405 g/mol. The molecular formula is C22H26FN3O3S. The molecule has 0 aromatic heterocycles. The number of sulfonamides is 1.